The van der Waals surface area contributed by atoms with Gasteiger partial charge < -0.3 is 9.64 Å². The van der Waals surface area contributed by atoms with Crippen molar-refractivity contribution in [3.63, 3.8) is 0 Å². The third-order valence-corrected chi connectivity index (χ3v) is 3.57. The zero-order valence-corrected chi connectivity index (χ0v) is 11.0. The van der Waals surface area contributed by atoms with Crippen LogP contribution in [-0.2, 0) is 9.53 Å². The van der Waals surface area contributed by atoms with Crippen LogP contribution < -0.4 is 0 Å². The first-order valence-corrected chi connectivity index (χ1v) is 6.74. The Morgan fingerprint density at radius 2 is 2.21 bits per heavy atom. The number of ether oxygens (including phenoxy) is 1. The molecule has 1 aliphatic heterocycles. The minimum absolute atomic E-state index is 0.0356. The lowest BCUT2D eigenvalue weighted by atomic mass is 10.4. The Kier molecular flexibility index (Phi) is 4.69. The third-order valence-electron chi connectivity index (χ3n) is 2.64. The Morgan fingerprint density at radius 1 is 1.47 bits per heavy atom. The van der Waals surface area contributed by atoms with Crippen molar-refractivity contribution in [3.05, 3.63) is 28.4 Å². The quantitative estimate of drug-likeness (QED) is 0.464. The molecule has 0 unspecified atom stereocenters. The topological polar surface area (TPSA) is 85.6 Å². The molecule has 0 aromatic carbocycles. The van der Waals surface area contributed by atoms with Crippen molar-refractivity contribution < 1.29 is 14.5 Å². The van der Waals surface area contributed by atoms with Crippen LogP contribution >= 0.6 is 11.8 Å². The van der Waals surface area contributed by atoms with E-state index in [0.717, 1.165) is 0 Å². The van der Waals surface area contributed by atoms with E-state index in [0.29, 0.717) is 31.3 Å². The standard InChI is InChI=1S/C11H13N3O4S/c15-11(13-3-5-18-6-4-13)8-19-10-2-1-9(7-12-10)14(16)17/h1-2,7H,3-6,8H2. The second-order valence-corrected chi connectivity index (χ2v) is 4.89. The normalized spacial score (nSPS) is 15.3. The van der Waals surface area contributed by atoms with Crippen molar-refractivity contribution in [1.29, 1.82) is 0 Å². The maximum Gasteiger partial charge on any atom is 0.287 e. The number of morpholine rings is 1. The first-order chi connectivity index (χ1) is 9.16. The molecular formula is C11H13N3O4S. The van der Waals surface area contributed by atoms with Gasteiger partial charge in [0.25, 0.3) is 5.69 Å². The molecule has 0 atom stereocenters. The third kappa shape index (κ3) is 3.90. The summed E-state index contributed by atoms with van der Waals surface area (Å²) in [5.41, 5.74) is -0.0520. The molecule has 2 rings (SSSR count). The van der Waals surface area contributed by atoms with Gasteiger partial charge in [-0.15, -0.1) is 0 Å². The summed E-state index contributed by atoms with van der Waals surface area (Å²) >= 11 is 1.28. The van der Waals surface area contributed by atoms with Crippen LogP contribution in [0.1, 0.15) is 0 Å². The van der Waals surface area contributed by atoms with E-state index in [9.17, 15) is 14.9 Å². The summed E-state index contributed by atoms with van der Waals surface area (Å²) in [6.45, 7) is 2.39. The first kappa shape index (κ1) is 13.8. The molecule has 2 heterocycles. The summed E-state index contributed by atoms with van der Waals surface area (Å²) in [5.74, 6) is 0.318. The number of hydrogen-bond acceptors (Lipinski definition) is 6. The molecular weight excluding hydrogens is 270 g/mol. The maximum atomic E-state index is 11.9. The number of rotatable bonds is 4. The second-order valence-electron chi connectivity index (χ2n) is 3.89. The van der Waals surface area contributed by atoms with Gasteiger partial charge in [0, 0.05) is 19.2 Å². The van der Waals surface area contributed by atoms with Crippen LogP contribution in [0.15, 0.2) is 23.4 Å². The second kappa shape index (κ2) is 6.48. The number of amides is 1. The van der Waals surface area contributed by atoms with Gasteiger partial charge in [0.2, 0.25) is 5.91 Å². The Balaban J connectivity index is 1.84. The highest BCUT2D eigenvalue weighted by molar-refractivity contribution is 7.99. The lowest BCUT2D eigenvalue weighted by molar-refractivity contribution is -0.385. The summed E-state index contributed by atoms with van der Waals surface area (Å²) in [4.78, 5) is 27.5. The van der Waals surface area contributed by atoms with E-state index in [1.54, 1.807) is 11.0 Å². The molecule has 1 aliphatic rings. The number of nitrogens with zero attached hydrogens (tertiary/aromatic N) is 3. The van der Waals surface area contributed by atoms with E-state index in [1.165, 1.54) is 24.0 Å². The van der Waals surface area contributed by atoms with E-state index in [4.69, 9.17) is 4.74 Å². The average Bonchev–Trinajstić information content (AvgIpc) is 2.46. The van der Waals surface area contributed by atoms with Crippen LogP contribution in [0.2, 0.25) is 0 Å². The van der Waals surface area contributed by atoms with E-state index in [1.807, 2.05) is 0 Å². The van der Waals surface area contributed by atoms with Crippen LogP contribution in [-0.4, -0.2) is 52.8 Å². The molecule has 19 heavy (non-hydrogen) atoms. The van der Waals surface area contributed by atoms with Crippen molar-refractivity contribution >= 4 is 23.4 Å². The highest BCUT2D eigenvalue weighted by Gasteiger charge is 2.17. The van der Waals surface area contributed by atoms with Crippen LogP contribution in [0.4, 0.5) is 5.69 Å². The summed E-state index contributed by atoms with van der Waals surface area (Å²) < 4.78 is 5.17. The minimum atomic E-state index is -0.500. The van der Waals surface area contributed by atoms with Crippen molar-refractivity contribution in [2.45, 2.75) is 5.03 Å². The fourth-order valence-electron chi connectivity index (χ4n) is 1.61. The number of pyridine rings is 1. The smallest absolute Gasteiger partial charge is 0.287 e. The van der Waals surface area contributed by atoms with Gasteiger partial charge in [-0.3, -0.25) is 14.9 Å². The van der Waals surface area contributed by atoms with E-state index in [2.05, 4.69) is 4.98 Å². The molecule has 1 saturated heterocycles. The van der Waals surface area contributed by atoms with Crippen LogP contribution in [0.5, 0.6) is 0 Å². The number of aromatic nitrogens is 1. The molecule has 1 aromatic heterocycles. The molecule has 0 aliphatic carbocycles. The van der Waals surface area contributed by atoms with Crippen molar-refractivity contribution in [2.24, 2.45) is 0 Å². The summed E-state index contributed by atoms with van der Waals surface area (Å²) in [6, 6.07) is 2.93. The van der Waals surface area contributed by atoms with E-state index >= 15 is 0 Å². The lowest BCUT2D eigenvalue weighted by Gasteiger charge is -2.26. The molecule has 0 radical (unpaired) electrons. The van der Waals surface area contributed by atoms with Gasteiger partial charge >= 0.3 is 0 Å². The SMILES string of the molecule is O=C(CSc1ccc([N+](=O)[O-])cn1)N1CCOCC1. The highest BCUT2D eigenvalue weighted by atomic mass is 32.2. The van der Waals surface area contributed by atoms with Gasteiger partial charge in [-0.25, -0.2) is 4.98 Å². The summed E-state index contributed by atoms with van der Waals surface area (Å²) in [6.07, 6.45) is 1.20. The van der Waals surface area contributed by atoms with E-state index in [-0.39, 0.29) is 17.3 Å². The molecule has 102 valence electrons. The molecule has 0 bridgehead atoms. The average molecular weight is 283 g/mol. The molecule has 0 spiro atoms. The van der Waals surface area contributed by atoms with Crippen LogP contribution in [0, 0.1) is 10.1 Å². The molecule has 1 aromatic rings. The fraction of sp³-hybridized carbons (Fsp3) is 0.455. The predicted molar refractivity (Wildman–Crippen MR) is 69.0 cm³/mol. The number of thioether (sulfide) groups is 1. The van der Waals surface area contributed by atoms with Gasteiger partial charge in [-0.05, 0) is 6.07 Å². The molecule has 7 nitrogen and oxygen atoms in total. The van der Waals surface area contributed by atoms with E-state index < -0.39 is 4.92 Å². The zero-order valence-electron chi connectivity index (χ0n) is 10.2. The van der Waals surface area contributed by atoms with Crippen LogP contribution in [0.3, 0.4) is 0 Å². The van der Waals surface area contributed by atoms with Crippen molar-refractivity contribution in [3.8, 4) is 0 Å². The molecule has 8 heteroatoms. The fourth-order valence-corrected chi connectivity index (χ4v) is 2.35. The van der Waals surface area contributed by atoms with Gasteiger partial charge in [0.05, 0.1) is 28.9 Å². The zero-order chi connectivity index (χ0) is 13.7. The summed E-state index contributed by atoms with van der Waals surface area (Å²) in [7, 11) is 0. The number of hydrogen-bond donors (Lipinski definition) is 0. The Hall–Kier alpha value is -1.67. The molecule has 1 fully saturated rings. The first-order valence-electron chi connectivity index (χ1n) is 5.75. The lowest BCUT2D eigenvalue weighted by Crippen LogP contribution is -2.41. The maximum absolute atomic E-state index is 11.9. The number of carbonyl (C=O) groups is 1. The summed E-state index contributed by atoms with van der Waals surface area (Å²) in [5, 5.41) is 11.1. The minimum Gasteiger partial charge on any atom is -0.378 e. The monoisotopic (exact) mass is 283 g/mol. The Morgan fingerprint density at radius 3 is 2.79 bits per heavy atom. The van der Waals surface area contributed by atoms with Gasteiger partial charge in [0.1, 0.15) is 6.20 Å². The highest BCUT2D eigenvalue weighted by Crippen LogP contribution is 2.18. The van der Waals surface area contributed by atoms with Gasteiger partial charge in [-0.2, -0.15) is 0 Å². The number of carbonyl (C=O) groups excluding carboxylic acids is 1. The van der Waals surface area contributed by atoms with Crippen LogP contribution in [0.25, 0.3) is 0 Å². The van der Waals surface area contributed by atoms with Crippen molar-refractivity contribution in [1.82, 2.24) is 9.88 Å². The Labute approximate surface area is 114 Å². The Bertz CT molecular complexity index is 460. The van der Waals surface area contributed by atoms with Gasteiger partial charge in [0.15, 0.2) is 0 Å². The van der Waals surface area contributed by atoms with Crippen molar-refractivity contribution in [2.75, 3.05) is 32.1 Å². The molecule has 0 N–H and O–H groups in total. The van der Waals surface area contributed by atoms with Gasteiger partial charge in [-0.1, -0.05) is 11.8 Å². The number of nitro groups is 1. The predicted octanol–water partition coefficient (Wildman–Crippen LogP) is 0.941. The largest absolute Gasteiger partial charge is 0.378 e. The molecule has 1 amide bonds. The molecule has 0 saturated carbocycles.